The molecule has 0 saturated carbocycles. The van der Waals surface area contributed by atoms with Gasteiger partial charge in [0, 0.05) is 15.8 Å². The highest BCUT2D eigenvalue weighted by Crippen LogP contribution is 2.59. The molecule has 3 aromatic carbocycles. The zero-order valence-electron chi connectivity index (χ0n) is 16.2. The van der Waals surface area contributed by atoms with Crippen LogP contribution in [0.4, 0.5) is 0 Å². The normalized spacial score (nSPS) is 11.7. The molecule has 0 aromatic heterocycles. The first-order valence-electron chi connectivity index (χ1n) is 8.96. The number of carbonyl (C=O) groups is 1. The van der Waals surface area contributed by atoms with Crippen LogP contribution in [0.15, 0.2) is 82.6 Å². The van der Waals surface area contributed by atoms with E-state index in [9.17, 15) is 4.79 Å². The second-order valence-electron chi connectivity index (χ2n) is 6.64. The molecule has 29 heavy (non-hydrogen) atoms. The van der Waals surface area contributed by atoms with Gasteiger partial charge in [0.05, 0.1) is 7.11 Å². The van der Waals surface area contributed by atoms with Crippen molar-refractivity contribution in [3.8, 4) is 11.5 Å². The Morgan fingerprint density at radius 2 is 1.24 bits per heavy atom. The quantitative estimate of drug-likeness (QED) is 0.394. The summed E-state index contributed by atoms with van der Waals surface area (Å²) in [7, 11) is -0.00340. The van der Waals surface area contributed by atoms with Gasteiger partial charge in [-0.25, -0.2) is 0 Å². The molecule has 0 radical (unpaired) electrons. The number of Topliss-reactive ketones (excluding diaryl/α,β-unsaturated/α-hetero) is 1. The first-order valence-corrected chi connectivity index (χ1v) is 11.9. The first-order chi connectivity index (χ1) is 13.9. The minimum atomic E-state index is -1.61. The SMILES string of the molecule is COc1ccc(OCC(=O)CS(C)(c2ccc(Cl)cc2)c2ccc(Cl)cc2)cc1. The topological polar surface area (TPSA) is 35.5 Å². The molecule has 3 rings (SSSR count). The van der Waals surface area contributed by atoms with Gasteiger partial charge in [-0.3, -0.25) is 4.79 Å². The zero-order chi connectivity index (χ0) is 20.9. The van der Waals surface area contributed by atoms with Crippen molar-refractivity contribution in [2.45, 2.75) is 9.79 Å². The van der Waals surface area contributed by atoms with E-state index in [4.69, 9.17) is 32.7 Å². The third-order valence-corrected chi connectivity index (χ3v) is 8.61. The van der Waals surface area contributed by atoms with Crippen molar-refractivity contribution in [1.82, 2.24) is 0 Å². The molecule has 3 nitrogen and oxygen atoms in total. The van der Waals surface area contributed by atoms with Gasteiger partial charge in [0.15, 0.2) is 5.78 Å². The van der Waals surface area contributed by atoms with Gasteiger partial charge in [0.25, 0.3) is 0 Å². The summed E-state index contributed by atoms with van der Waals surface area (Å²) in [5.74, 6) is 1.77. The van der Waals surface area contributed by atoms with E-state index in [-0.39, 0.29) is 12.4 Å². The minimum absolute atomic E-state index is 0.0100. The van der Waals surface area contributed by atoms with Crippen LogP contribution in [-0.4, -0.2) is 31.5 Å². The van der Waals surface area contributed by atoms with Crippen molar-refractivity contribution >= 4 is 39.0 Å². The average molecular weight is 449 g/mol. The van der Waals surface area contributed by atoms with Gasteiger partial charge in [-0.2, -0.15) is 10.0 Å². The summed E-state index contributed by atoms with van der Waals surface area (Å²) >= 11 is 12.1. The number of carbonyl (C=O) groups excluding carboxylic acids is 1. The maximum absolute atomic E-state index is 12.9. The predicted octanol–water partition coefficient (Wildman–Crippen LogP) is 6.50. The number of ketones is 1. The third kappa shape index (κ3) is 5.47. The Balaban J connectivity index is 1.79. The highest BCUT2D eigenvalue weighted by Gasteiger charge is 2.27. The van der Waals surface area contributed by atoms with Crippen LogP contribution < -0.4 is 9.47 Å². The fourth-order valence-electron chi connectivity index (χ4n) is 2.97. The molecule has 152 valence electrons. The molecule has 0 aliphatic carbocycles. The second kappa shape index (κ2) is 9.57. The molecule has 0 atom stereocenters. The number of methoxy groups -OCH3 is 1. The van der Waals surface area contributed by atoms with E-state index in [1.54, 1.807) is 31.4 Å². The van der Waals surface area contributed by atoms with E-state index in [0.717, 1.165) is 15.5 Å². The van der Waals surface area contributed by atoms with E-state index in [2.05, 4.69) is 6.26 Å². The van der Waals surface area contributed by atoms with Gasteiger partial charge in [0.1, 0.15) is 18.1 Å². The van der Waals surface area contributed by atoms with Crippen LogP contribution in [0, 0.1) is 0 Å². The first kappa shape index (κ1) is 21.6. The standard InChI is InChI=1S/C23H22Cl2O3S/c1-27-20-7-9-21(10-8-20)28-15-19(26)16-29(2,22-11-3-17(24)4-12-22)23-13-5-18(25)6-14-23/h3-14H,15-16H2,1-2H3. The summed E-state index contributed by atoms with van der Waals surface area (Å²) in [6.45, 7) is 0.0100. The molecule has 6 heteroatoms. The molecule has 0 aliphatic rings. The van der Waals surface area contributed by atoms with Crippen LogP contribution in [0.1, 0.15) is 0 Å². The largest absolute Gasteiger partial charge is 0.497 e. The molecule has 0 aliphatic heterocycles. The van der Waals surface area contributed by atoms with Gasteiger partial charge in [0.2, 0.25) is 0 Å². The Hall–Kier alpha value is -2.14. The van der Waals surface area contributed by atoms with Gasteiger partial charge < -0.3 is 9.47 Å². The summed E-state index contributed by atoms with van der Waals surface area (Å²) in [5.41, 5.74) is 0. The number of ether oxygens (including phenoxy) is 2. The predicted molar refractivity (Wildman–Crippen MR) is 121 cm³/mol. The van der Waals surface area contributed by atoms with Crippen LogP contribution in [0.3, 0.4) is 0 Å². The van der Waals surface area contributed by atoms with E-state index in [1.165, 1.54) is 0 Å². The lowest BCUT2D eigenvalue weighted by molar-refractivity contribution is -0.118. The summed E-state index contributed by atoms with van der Waals surface area (Å²) < 4.78 is 10.8. The molecular formula is C23H22Cl2O3S. The second-order valence-corrected chi connectivity index (χ2v) is 10.9. The Morgan fingerprint density at radius 1 is 0.793 bits per heavy atom. The Kier molecular flexibility index (Phi) is 7.12. The van der Waals surface area contributed by atoms with E-state index >= 15 is 0 Å². The van der Waals surface area contributed by atoms with Gasteiger partial charge in [-0.15, -0.1) is 0 Å². The van der Waals surface area contributed by atoms with Crippen LogP contribution >= 0.6 is 33.2 Å². The summed E-state index contributed by atoms with van der Waals surface area (Å²) in [4.78, 5) is 15.0. The smallest absolute Gasteiger partial charge is 0.179 e. The van der Waals surface area contributed by atoms with Gasteiger partial charge >= 0.3 is 0 Å². The fourth-order valence-corrected chi connectivity index (χ4v) is 6.03. The minimum Gasteiger partial charge on any atom is -0.497 e. The molecular weight excluding hydrogens is 427 g/mol. The summed E-state index contributed by atoms with van der Waals surface area (Å²) in [5, 5.41) is 1.33. The number of rotatable bonds is 8. The van der Waals surface area contributed by atoms with Gasteiger partial charge in [-0.1, -0.05) is 23.2 Å². The van der Waals surface area contributed by atoms with Gasteiger partial charge in [-0.05, 0) is 88.8 Å². The summed E-state index contributed by atoms with van der Waals surface area (Å²) in [6, 6.07) is 22.6. The number of benzene rings is 3. The number of hydrogen-bond donors (Lipinski definition) is 0. The van der Waals surface area contributed by atoms with Crippen molar-refractivity contribution in [2.75, 3.05) is 25.7 Å². The lowest BCUT2D eigenvalue weighted by Crippen LogP contribution is -2.20. The maximum atomic E-state index is 12.9. The zero-order valence-corrected chi connectivity index (χ0v) is 18.6. The van der Waals surface area contributed by atoms with E-state index in [1.807, 2.05) is 48.5 Å². The van der Waals surface area contributed by atoms with Crippen LogP contribution in [0.25, 0.3) is 0 Å². The monoisotopic (exact) mass is 448 g/mol. The average Bonchev–Trinajstić information content (AvgIpc) is 2.73. The lowest BCUT2D eigenvalue weighted by Gasteiger charge is -2.36. The van der Waals surface area contributed by atoms with Crippen molar-refractivity contribution in [3.63, 3.8) is 0 Å². The molecule has 0 bridgehead atoms. The van der Waals surface area contributed by atoms with Crippen molar-refractivity contribution in [1.29, 1.82) is 0 Å². The molecule has 0 spiro atoms. The molecule has 0 N–H and O–H groups in total. The highest BCUT2D eigenvalue weighted by atomic mass is 35.5. The fraction of sp³-hybridized carbons (Fsp3) is 0.174. The molecule has 0 saturated heterocycles. The lowest BCUT2D eigenvalue weighted by atomic mass is 10.3. The Labute approximate surface area is 182 Å². The molecule has 3 aromatic rings. The Bertz CT molecular complexity index is 909. The third-order valence-electron chi connectivity index (χ3n) is 4.58. The van der Waals surface area contributed by atoms with Crippen LogP contribution in [-0.2, 0) is 4.79 Å². The van der Waals surface area contributed by atoms with Crippen LogP contribution in [0.5, 0.6) is 11.5 Å². The molecule has 0 fully saturated rings. The van der Waals surface area contributed by atoms with E-state index < -0.39 is 10.0 Å². The van der Waals surface area contributed by atoms with Crippen molar-refractivity contribution in [3.05, 3.63) is 82.8 Å². The maximum Gasteiger partial charge on any atom is 0.179 e. The number of hydrogen-bond acceptors (Lipinski definition) is 3. The number of halogens is 2. The molecule has 0 unspecified atom stereocenters. The van der Waals surface area contributed by atoms with Crippen LogP contribution in [0.2, 0.25) is 10.0 Å². The Morgan fingerprint density at radius 3 is 1.69 bits per heavy atom. The molecule has 0 heterocycles. The van der Waals surface area contributed by atoms with E-state index in [0.29, 0.717) is 21.5 Å². The summed E-state index contributed by atoms with van der Waals surface area (Å²) in [6.07, 6.45) is 2.13. The molecule has 0 amide bonds. The highest BCUT2D eigenvalue weighted by molar-refractivity contribution is 8.33. The van der Waals surface area contributed by atoms with Crippen molar-refractivity contribution < 1.29 is 14.3 Å². The van der Waals surface area contributed by atoms with Crippen molar-refractivity contribution in [2.24, 2.45) is 0 Å².